The molecule has 1 aliphatic rings. The first-order chi connectivity index (χ1) is 11.3. The summed E-state index contributed by atoms with van der Waals surface area (Å²) < 4.78 is 25.9. The first kappa shape index (κ1) is 17.3. The number of hydrogen-bond acceptors (Lipinski definition) is 5. The number of aromatic nitrogens is 1. The van der Waals surface area contributed by atoms with Crippen LogP contribution in [0.2, 0.25) is 0 Å². The highest BCUT2D eigenvalue weighted by atomic mass is 32.2. The summed E-state index contributed by atoms with van der Waals surface area (Å²) in [7, 11) is -3.16. The fourth-order valence-corrected chi connectivity index (χ4v) is 4.77. The molecule has 0 radical (unpaired) electrons. The molecule has 6 nitrogen and oxygen atoms in total. The van der Waals surface area contributed by atoms with Crippen molar-refractivity contribution < 1.29 is 13.2 Å². The SMILES string of the molecule is Cc1nc2cc(C(=O)NCC3CCCN(S(C)(=O)=O)C3)ccc2s1. The third-order valence-electron chi connectivity index (χ3n) is 4.26. The largest absolute Gasteiger partial charge is 0.352 e. The fourth-order valence-electron chi connectivity index (χ4n) is 3.02. The van der Waals surface area contributed by atoms with Gasteiger partial charge in [0, 0.05) is 25.2 Å². The third-order valence-corrected chi connectivity index (χ3v) is 6.48. The second-order valence-corrected chi connectivity index (χ2v) is 9.47. The Labute approximate surface area is 145 Å². The lowest BCUT2D eigenvalue weighted by Crippen LogP contribution is -2.43. The molecule has 1 aromatic heterocycles. The van der Waals surface area contributed by atoms with Crippen molar-refractivity contribution in [3.8, 4) is 0 Å². The van der Waals surface area contributed by atoms with E-state index in [0.29, 0.717) is 25.2 Å². The average Bonchev–Trinajstić information content (AvgIpc) is 2.91. The molecule has 1 unspecified atom stereocenters. The highest BCUT2D eigenvalue weighted by molar-refractivity contribution is 7.88. The molecule has 1 atom stereocenters. The molecule has 1 aromatic carbocycles. The quantitative estimate of drug-likeness (QED) is 0.896. The first-order valence-electron chi connectivity index (χ1n) is 7.93. The maximum Gasteiger partial charge on any atom is 0.251 e. The summed E-state index contributed by atoms with van der Waals surface area (Å²) in [4.78, 5) is 16.8. The van der Waals surface area contributed by atoms with Crippen LogP contribution in [0.4, 0.5) is 0 Å². The Balaban J connectivity index is 1.62. The van der Waals surface area contributed by atoms with Crippen LogP contribution < -0.4 is 5.32 Å². The Morgan fingerprint density at radius 3 is 3.00 bits per heavy atom. The zero-order valence-corrected chi connectivity index (χ0v) is 15.4. The van der Waals surface area contributed by atoms with Gasteiger partial charge in [0.15, 0.2) is 0 Å². The van der Waals surface area contributed by atoms with E-state index in [-0.39, 0.29) is 11.8 Å². The van der Waals surface area contributed by atoms with E-state index in [0.717, 1.165) is 28.1 Å². The minimum Gasteiger partial charge on any atom is -0.352 e. The van der Waals surface area contributed by atoms with Crippen LogP contribution in [0.3, 0.4) is 0 Å². The van der Waals surface area contributed by atoms with E-state index in [4.69, 9.17) is 0 Å². The average molecular weight is 367 g/mol. The lowest BCUT2D eigenvalue weighted by Gasteiger charge is -2.30. The van der Waals surface area contributed by atoms with Gasteiger partial charge in [0.25, 0.3) is 5.91 Å². The van der Waals surface area contributed by atoms with E-state index in [1.54, 1.807) is 23.5 Å². The molecule has 8 heteroatoms. The summed E-state index contributed by atoms with van der Waals surface area (Å²) in [5.41, 5.74) is 1.43. The van der Waals surface area contributed by atoms with E-state index >= 15 is 0 Å². The van der Waals surface area contributed by atoms with Crippen molar-refractivity contribution in [2.45, 2.75) is 19.8 Å². The number of hydrogen-bond donors (Lipinski definition) is 1. The van der Waals surface area contributed by atoms with Crippen LogP contribution >= 0.6 is 11.3 Å². The van der Waals surface area contributed by atoms with Gasteiger partial charge in [0.2, 0.25) is 10.0 Å². The maximum atomic E-state index is 12.3. The Morgan fingerprint density at radius 1 is 1.46 bits per heavy atom. The molecule has 1 saturated heterocycles. The molecule has 3 rings (SSSR count). The Morgan fingerprint density at radius 2 is 2.25 bits per heavy atom. The molecule has 0 spiro atoms. The summed E-state index contributed by atoms with van der Waals surface area (Å²) in [6.07, 6.45) is 2.99. The Bertz CT molecular complexity index is 861. The zero-order chi connectivity index (χ0) is 17.3. The van der Waals surface area contributed by atoms with Crippen molar-refractivity contribution >= 4 is 37.5 Å². The van der Waals surface area contributed by atoms with E-state index < -0.39 is 10.0 Å². The number of carbonyl (C=O) groups excluding carboxylic acids is 1. The second-order valence-electron chi connectivity index (χ2n) is 6.25. The summed E-state index contributed by atoms with van der Waals surface area (Å²) in [5, 5.41) is 3.90. The van der Waals surface area contributed by atoms with Crippen LogP contribution in [0, 0.1) is 12.8 Å². The van der Waals surface area contributed by atoms with Gasteiger partial charge in [0.05, 0.1) is 21.5 Å². The maximum absolute atomic E-state index is 12.3. The van der Waals surface area contributed by atoms with Gasteiger partial charge >= 0.3 is 0 Å². The molecule has 130 valence electrons. The predicted molar refractivity (Wildman–Crippen MR) is 95.8 cm³/mol. The number of carbonyl (C=O) groups is 1. The number of piperidine rings is 1. The number of aryl methyl sites for hydroxylation is 1. The number of nitrogens with zero attached hydrogens (tertiary/aromatic N) is 2. The van der Waals surface area contributed by atoms with Crippen LogP contribution in [0.1, 0.15) is 28.2 Å². The number of amides is 1. The number of thiazole rings is 1. The number of fused-ring (bicyclic) bond motifs is 1. The van der Waals surface area contributed by atoms with Gasteiger partial charge in [-0.15, -0.1) is 11.3 Å². The van der Waals surface area contributed by atoms with Crippen molar-refractivity contribution in [3.63, 3.8) is 0 Å². The smallest absolute Gasteiger partial charge is 0.251 e. The molecule has 0 aliphatic carbocycles. The van der Waals surface area contributed by atoms with Gasteiger partial charge in [0.1, 0.15) is 0 Å². The lowest BCUT2D eigenvalue weighted by atomic mass is 9.99. The van der Waals surface area contributed by atoms with Gasteiger partial charge in [-0.25, -0.2) is 17.7 Å². The highest BCUT2D eigenvalue weighted by Gasteiger charge is 2.26. The molecule has 1 fully saturated rings. The molecule has 0 bridgehead atoms. The van der Waals surface area contributed by atoms with Crippen LogP contribution in [-0.4, -0.2) is 49.5 Å². The van der Waals surface area contributed by atoms with Crippen molar-refractivity contribution in [1.29, 1.82) is 0 Å². The van der Waals surface area contributed by atoms with Gasteiger partial charge in [-0.05, 0) is 43.9 Å². The van der Waals surface area contributed by atoms with Gasteiger partial charge in [-0.2, -0.15) is 0 Å². The van der Waals surface area contributed by atoms with Crippen LogP contribution in [0.15, 0.2) is 18.2 Å². The van der Waals surface area contributed by atoms with E-state index in [1.165, 1.54) is 10.6 Å². The minimum atomic E-state index is -3.16. The van der Waals surface area contributed by atoms with E-state index in [1.807, 2.05) is 13.0 Å². The zero-order valence-electron chi connectivity index (χ0n) is 13.8. The topological polar surface area (TPSA) is 79.4 Å². The van der Waals surface area contributed by atoms with E-state index in [9.17, 15) is 13.2 Å². The van der Waals surface area contributed by atoms with Crippen LogP contribution in [0.5, 0.6) is 0 Å². The lowest BCUT2D eigenvalue weighted by molar-refractivity contribution is 0.0941. The number of nitrogens with one attached hydrogen (secondary N) is 1. The first-order valence-corrected chi connectivity index (χ1v) is 10.6. The monoisotopic (exact) mass is 367 g/mol. The van der Waals surface area contributed by atoms with Crippen molar-refractivity contribution in [1.82, 2.24) is 14.6 Å². The normalized spacial score (nSPS) is 19.5. The summed E-state index contributed by atoms with van der Waals surface area (Å²) >= 11 is 1.61. The molecule has 1 amide bonds. The summed E-state index contributed by atoms with van der Waals surface area (Å²) in [5.74, 6) is 0.0155. The predicted octanol–water partition coefficient (Wildman–Crippen LogP) is 2.01. The summed E-state index contributed by atoms with van der Waals surface area (Å²) in [6, 6.07) is 5.53. The minimum absolute atomic E-state index is 0.140. The van der Waals surface area contributed by atoms with E-state index in [2.05, 4.69) is 10.3 Å². The van der Waals surface area contributed by atoms with Gasteiger partial charge in [-0.1, -0.05) is 0 Å². The fraction of sp³-hybridized carbons (Fsp3) is 0.500. The standard InChI is InChI=1S/C16H21N3O3S2/c1-11-18-14-8-13(5-6-15(14)23-11)16(20)17-9-12-4-3-7-19(10-12)24(2,21)22/h5-6,8,12H,3-4,7,9-10H2,1-2H3,(H,17,20). The molecule has 0 saturated carbocycles. The molecule has 2 heterocycles. The Kier molecular flexibility index (Phi) is 4.89. The van der Waals surface area contributed by atoms with Crippen molar-refractivity contribution in [2.24, 2.45) is 5.92 Å². The van der Waals surface area contributed by atoms with Crippen LogP contribution in [0.25, 0.3) is 10.2 Å². The molecule has 1 N–H and O–H groups in total. The molecular formula is C16H21N3O3S2. The Hall–Kier alpha value is -1.51. The number of sulfonamides is 1. The molecule has 2 aromatic rings. The second kappa shape index (κ2) is 6.78. The molecule has 1 aliphatic heterocycles. The number of benzene rings is 1. The molecule has 24 heavy (non-hydrogen) atoms. The van der Waals surface area contributed by atoms with Crippen LogP contribution in [-0.2, 0) is 10.0 Å². The van der Waals surface area contributed by atoms with Crippen molar-refractivity contribution in [3.05, 3.63) is 28.8 Å². The number of rotatable bonds is 4. The third kappa shape index (κ3) is 3.93. The summed E-state index contributed by atoms with van der Waals surface area (Å²) in [6.45, 7) is 3.48. The van der Waals surface area contributed by atoms with Gasteiger partial charge < -0.3 is 5.32 Å². The highest BCUT2D eigenvalue weighted by Crippen LogP contribution is 2.22. The van der Waals surface area contributed by atoms with Crippen molar-refractivity contribution in [2.75, 3.05) is 25.9 Å². The molecular weight excluding hydrogens is 346 g/mol. The van der Waals surface area contributed by atoms with Gasteiger partial charge in [-0.3, -0.25) is 4.79 Å².